The molecule has 8 heteroatoms. The summed E-state index contributed by atoms with van der Waals surface area (Å²) in [7, 11) is 0. The maximum Gasteiger partial charge on any atom is 0.132 e. The van der Waals surface area contributed by atoms with Gasteiger partial charge in [0, 0.05) is 25.5 Å². The fraction of sp³-hybridized carbons (Fsp3) is 0.316. The number of hydrogen-bond acceptors (Lipinski definition) is 5. The fourth-order valence-electron chi connectivity index (χ4n) is 3.50. The van der Waals surface area contributed by atoms with E-state index in [1.54, 1.807) is 28.9 Å². The molecule has 2 N–H and O–H groups in total. The van der Waals surface area contributed by atoms with Gasteiger partial charge in [0.25, 0.3) is 0 Å². The second kappa shape index (κ2) is 7.44. The Kier molecular flexibility index (Phi) is 5.01. The van der Waals surface area contributed by atoms with Gasteiger partial charge in [-0.1, -0.05) is 6.07 Å². The minimum atomic E-state index is -1.02. The summed E-state index contributed by atoms with van der Waals surface area (Å²) in [6, 6.07) is 5.12. The van der Waals surface area contributed by atoms with Crippen LogP contribution in [0.4, 0.5) is 24.5 Å². The SMILES string of the molecule is N[C@H]1CN(c2ccncc2N2C=CSC2c2c(F)cccc2F)CC[C@@H]1F. The Morgan fingerprint density at radius 3 is 2.67 bits per heavy atom. The van der Waals surface area contributed by atoms with Crippen molar-refractivity contribution >= 4 is 23.1 Å². The van der Waals surface area contributed by atoms with E-state index in [1.165, 1.54) is 30.0 Å². The second-order valence-electron chi connectivity index (χ2n) is 6.60. The van der Waals surface area contributed by atoms with Crippen molar-refractivity contribution in [2.75, 3.05) is 22.9 Å². The van der Waals surface area contributed by atoms with Gasteiger partial charge >= 0.3 is 0 Å². The summed E-state index contributed by atoms with van der Waals surface area (Å²) in [5.74, 6) is -1.18. The molecule has 4 rings (SSSR count). The van der Waals surface area contributed by atoms with Crippen LogP contribution in [0.15, 0.2) is 48.3 Å². The number of benzene rings is 1. The van der Waals surface area contributed by atoms with Crippen LogP contribution in [0, 0.1) is 11.6 Å². The van der Waals surface area contributed by atoms with Crippen LogP contribution in [0.3, 0.4) is 0 Å². The molecule has 0 amide bonds. The molecule has 2 aromatic rings. The van der Waals surface area contributed by atoms with Crippen molar-refractivity contribution in [1.82, 2.24) is 4.98 Å². The van der Waals surface area contributed by atoms with E-state index in [2.05, 4.69) is 4.98 Å². The Morgan fingerprint density at radius 1 is 1.15 bits per heavy atom. The van der Waals surface area contributed by atoms with Gasteiger partial charge in [-0.3, -0.25) is 4.98 Å². The highest BCUT2D eigenvalue weighted by atomic mass is 32.2. The maximum atomic E-state index is 14.3. The summed E-state index contributed by atoms with van der Waals surface area (Å²) >= 11 is 1.32. The Balaban J connectivity index is 1.70. The average Bonchev–Trinajstić information content (AvgIpc) is 3.13. The van der Waals surface area contributed by atoms with E-state index in [-0.39, 0.29) is 5.56 Å². The molecule has 1 fully saturated rings. The van der Waals surface area contributed by atoms with Gasteiger partial charge in [-0.25, -0.2) is 13.2 Å². The first-order valence-corrected chi connectivity index (χ1v) is 9.63. The van der Waals surface area contributed by atoms with Gasteiger partial charge in [-0.05, 0) is 30.0 Å². The molecule has 142 valence electrons. The number of nitrogens with zero attached hydrogens (tertiary/aromatic N) is 3. The van der Waals surface area contributed by atoms with Gasteiger partial charge < -0.3 is 15.5 Å². The van der Waals surface area contributed by atoms with Crippen molar-refractivity contribution in [3.63, 3.8) is 0 Å². The molecule has 0 saturated carbocycles. The summed E-state index contributed by atoms with van der Waals surface area (Å²) in [4.78, 5) is 7.98. The Bertz CT molecular complexity index is 842. The van der Waals surface area contributed by atoms with Crippen LogP contribution >= 0.6 is 11.8 Å². The van der Waals surface area contributed by atoms with Crippen molar-refractivity contribution in [3.8, 4) is 0 Å². The number of rotatable bonds is 3. The van der Waals surface area contributed by atoms with Crippen molar-refractivity contribution in [2.24, 2.45) is 5.73 Å². The molecule has 1 aromatic heterocycles. The van der Waals surface area contributed by atoms with Crippen LogP contribution in [0.5, 0.6) is 0 Å². The summed E-state index contributed by atoms with van der Waals surface area (Å²) in [5, 5.41) is 1.22. The number of hydrogen-bond donors (Lipinski definition) is 1. The van der Waals surface area contributed by atoms with Crippen LogP contribution in [-0.2, 0) is 0 Å². The van der Waals surface area contributed by atoms with Crippen molar-refractivity contribution < 1.29 is 13.2 Å². The van der Waals surface area contributed by atoms with Gasteiger partial charge in [0.15, 0.2) is 0 Å². The van der Waals surface area contributed by atoms with Crippen molar-refractivity contribution in [3.05, 3.63) is 65.5 Å². The van der Waals surface area contributed by atoms with E-state index in [4.69, 9.17) is 5.73 Å². The maximum absolute atomic E-state index is 14.3. The topological polar surface area (TPSA) is 45.4 Å². The zero-order valence-electron chi connectivity index (χ0n) is 14.4. The lowest BCUT2D eigenvalue weighted by Crippen LogP contribution is -2.50. The Labute approximate surface area is 159 Å². The van der Waals surface area contributed by atoms with E-state index < -0.39 is 29.2 Å². The molecule has 0 bridgehead atoms. The molecule has 0 radical (unpaired) electrons. The number of aromatic nitrogens is 1. The quantitative estimate of drug-likeness (QED) is 0.857. The molecule has 3 heterocycles. The third kappa shape index (κ3) is 3.39. The van der Waals surface area contributed by atoms with Crippen LogP contribution < -0.4 is 15.5 Å². The highest BCUT2D eigenvalue weighted by Crippen LogP contribution is 2.46. The predicted octanol–water partition coefficient (Wildman–Crippen LogP) is 3.96. The second-order valence-corrected chi connectivity index (χ2v) is 7.59. The van der Waals surface area contributed by atoms with E-state index >= 15 is 0 Å². The number of pyridine rings is 1. The number of thioether (sulfide) groups is 1. The molecule has 0 spiro atoms. The number of piperidine rings is 1. The van der Waals surface area contributed by atoms with Gasteiger partial charge in [0.1, 0.15) is 23.2 Å². The van der Waals surface area contributed by atoms with E-state index in [0.717, 1.165) is 5.69 Å². The van der Waals surface area contributed by atoms with Crippen molar-refractivity contribution in [2.45, 2.75) is 24.0 Å². The summed E-state index contributed by atoms with van der Waals surface area (Å²) in [6.45, 7) is 0.900. The van der Waals surface area contributed by atoms with Crippen LogP contribution in [0.1, 0.15) is 17.4 Å². The van der Waals surface area contributed by atoms with Crippen molar-refractivity contribution in [1.29, 1.82) is 0 Å². The zero-order valence-corrected chi connectivity index (χ0v) is 15.2. The van der Waals surface area contributed by atoms with Crippen LogP contribution in [0.25, 0.3) is 0 Å². The molecule has 2 aliphatic heterocycles. The standard InChI is InChI=1S/C19H19F3N4S/c20-12-5-7-25(11-15(12)23)16-4-6-24-10-17(16)26-8-9-27-19(26)18-13(21)2-1-3-14(18)22/h1-4,6,8-10,12,15,19H,5,7,11,23H2/t12-,15-,19?/m0/s1. The molecule has 2 aliphatic rings. The molecular weight excluding hydrogens is 373 g/mol. The van der Waals surface area contributed by atoms with E-state index in [1.807, 2.05) is 11.0 Å². The van der Waals surface area contributed by atoms with Crippen LogP contribution in [-0.4, -0.2) is 30.3 Å². The molecule has 27 heavy (non-hydrogen) atoms. The smallest absolute Gasteiger partial charge is 0.132 e. The van der Waals surface area contributed by atoms with E-state index in [9.17, 15) is 13.2 Å². The number of halogens is 3. The van der Waals surface area contributed by atoms with E-state index in [0.29, 0.717) is 25.2 Å². The lowest BCUT2D eigenvalue weighted by molar-refractivity contribution is 0.244. The lowest BCUT2D eigenvalue weighted by Gasteiger charge is -2.37. The molecule has 1 unspecified atom stereocenters. The van der Waals surface area contributed by atoms with Crippen LogP contribution in [0.2, 0.25) is 0 Å². The Morgan fingerprint density at radius 2 is 1.93 bits per heavy atom. The number of anilines is 2. The molecule has 1 saturated heterocycles. The minimum absolute atomic E-state index is 0.00136. The average molecular weight is 392 g/mol. The third-order valence-corrected chi connectivity index (χ3v) is 5.89. The zero-order chi connectivity index (χ0) is 19.0. The summed E-state index contributed by atoms with van der Waals surface area (Å²) in [6.07, 6.45) is 4.42. The highest BCUT2D eigenvalue weighted by Gasteiger charge is 2.33. The predicted molar refractivity (Wildman–Crippen MR) is 102 cm³/mol. The molecule has 3 atom stereocenters. The van der Waals surface area contributed by atoms with Gasteiger partial charge in [0.2, 0.25) is 0 Å². The van der Waals surface area contributed by atoms with Gasteiger partial charge in [0.05, 0.1) is 29.2 Å². The first-order chi connectivity index (χ1) is 13.1. The first kappa shape index (κ1) is 18.2. The highest BCUT2D eigenvalue weighted by molar-refractivity contribution is 8.02. The molecule has 0 aliphatic carbocycles. The summed E-state index contributed by atoms with van der Waals surface area (Å²) in [5.41, 5.74) is 7.43. The Hall–Kier alpha value is -2.19. The van der Waals surface area contributed by atoms with Gasteiger partial charge in [-0.15, -0.1) is 11.8 Å². The number of alkyl halides is 1. The minimum Gasteiger partial charge on any atom is -0.368 e. The fourth-order valence-corrected chi connectivity index (χ4v) is 4.52. The van der Waals surface area contributed by atoms with Gasteiger partial charge in [-0.2, -0.15) is 0 Å². The molecular formula is C19H19F3N4S. The summed E-state index contributed by atoms with van der Waals surface area (Å²) < 4.78 is 42.5. The molecule has 1 aromatic carbocycles. The molecule has 4 nitrogen and oxygen atoms in total. The largest absolute Gasteiger partial charge is 0.368 e. The first-order valence-electron chi connectivity index (χ1n) is 8.69. The normalized spacial score (nSPS) is 25.3. The number of nitrogens with two attached hydrogens (primary N) is 1. The third-order valence-electron chi connectivity index (χ3n) is 4.90. The monoisotopic (exact) mass is 392 g/mol. The lowest BCUT2D eigenvalue weighted by atomic mass is 10.0.